The molecule has 94 valence electrons. The van der Waals surface area contributed by atoms with Crippen LogP contribution in [0, 0.1) is 0 Å². The van der Waals surface area contributed by atoms with Crippen LogP contribution >= 0.6 is 0 Å². The summed E-state index contributed by atoms with van der Waals surface area (Å²) in [6, 6.07) is 7.94. The van der Waals surface area contributed by atoms with Crippen molar-refractivity contribution in [2.75, 3.05) is 6.61 Å². The zero-order valence-electron chi connectivity index (χ0n) is 10.9. The molecule has 2 aliphatic rings. The number of aliphatic imine (C=N–C) groups is 1. The number of rotatable bonds is 3. The van der Waals surface area contributed by atoms with Crippen LogP contribution in [-0.4, -0.2) is 30.0 Å². The molecule has 3 nitrogen and oxygen atoms in total. The van der Waals surface area contributed by atoms with Gasteiger partial charge in [-0.05, 0) is 31.2 Å². The summed E-state index contributed by atoms with van der Waals surface area (Å²) in [7, 11) is 0. The van der Waals surface area contributed by atoms with E-state index in [-0.39, 0.29) is 12.5 Å². The minimum atomic E-state index is -0.333. The van der Waals surface area contributed by atoms with Crippen molar-refractivity contribution in [1.29, 1.82) is 0 Å². The highest BCUT2D eigenvalue weighted by Crippen LogP contribution is 2.37. The molecule has 3 rings (SSSR count). The molecule has 0 spiro atoms. The van der Waals surface area contributed by atoms with E-state index in [4.69, 9.17) is 4.74 Å². The molecule has 0 unspecified atom stereocenters. The number of hydrogen-bond donors (Lipinski definition) is 1. The van der Waals surface area contributed by atoms with Crippen LogP contribution in [0.2, 0.25) is 5.82 Å². The first-order valence-corrected chi connectivity index (χ1v) is 6.56. The van der Waals surface area contributed by atoms with Gasteiger partial charge in [-0.25, -0.2) is 4.99 Å². The maximum absolute atomic E-state index is 10.1. The van der Waals surface area contributed by atoms with Crippen molar-refractivity contribution in [3.63, 3.8) is 0 Å². The molecular weight excluding hydrogens is 225 g/mol. The van der Waals surface area contributed by atoms with Crippen molar-refractivity contribution in [3.05, 3.63) is 29.8 Å². The molecule has 0 radical (unpaired) electrons. The zero-order chi connectivity index (χ0) is 12.8. The lowest BCUT2D eigenvalue weighted by Gasteiger charge is -2.08. The maximum atomic E-state index is 10.1. The van der Waals surface area contributed by atoms with Crippen LogP contribution in [-0.2, 0) is 4.74 Å². The van der Waals surface area contributed by atoms with Gasteiger partial charge in [-0.3, -0.25) is 0 Å². The van der Waals surface area contributed by atoms with Crippen LogP contribution in [0.5, 0.6) is 0 Å². The van der Waals surface area contributed by atoms with E-state index in [1.165, 1.54) is 0 Å². The number of benzene rings is 1. The Bertz CT molecular complexity index is 494. The van der Waals surface area contributed by atoms with Crippen molar-refractivity contribution in [2.24, 2.45) is 4.99 Å². The standard InChI is InChI=1S/C14H18BNO2/c1-14(2)9-18-13(16-14)10-4-3-5-12(8-10)15(17)11-6-7-11/h3-5,8,11,17H,6-7,9H2,1-2H3. The molecule has 1 saturated carbocycles. The second-order valence-corrected chi connectivity index (χ2v) is 5.93. The van der Waals surface area contributed by atoms with Crippen molar-refractivity contribution >= 4 is 18.3 Å². The van der Waals surface area contributed by atoms with Gasteiger partial charge in [-0.1, -0.05) is 31.0 Å². The third-order valence-corrected chi connectivity index (χ3v) is 3.51. The molecular formula is C14H18BNO2. The van der Waals surface area contributed by atoms with Gasteiger partial charge in [0.05, 0.1) is 5.54 Å². The summed E-state index contributed by atoms with van der Waals surface area (Å²) in [5.41, 5.74) is 1.81. The van der Waals surface area contributed by atoms with Gasteiger partial charge in [0.25, 0.3) is 0 Å². The van der Waals surface area contributed by atoms with E-state index in [0.29, 0.717) is 18.3 Å². The van der Waals surface area contributed by atoms with Gasteiger partial charge in [0.15, 0.2) is 0 Å². The SMILES string of the molecule is CC1(C)COC(c2cccc(B(O)C3CC3)c2)=N1. The molecule has 1 aromatic rings. The van der Waals surface area contributed by atoms with Crippen molar-refractivity contribution in [2.45, 2.75) is 38.0 Å². The highest BCUT2D eigenvalue weighted by molar-refractivity contribution is 6.68. The van der Waals surface area contributed by atoms with Crippen molar-refractivity contribution in [1.82, 2.24) is 0 Å². The van der Waals surface area contributed by atoms with E-state index < -0.39 is 0 Å². The van der Waals surface area contributed by atoms with Crippen molar-refractivity contribution in [3.8, 4) is 0 Å². The van der Waals surface area contributed by atoms with Crippen LogP contribution < -0.4 is 5.46 Å². The fourth-order valence-electron chi connectivity index (χ4n) is 2.27. The largest absolute Gasteiger partial charge is 0.475 e. The minimum Gasteiger partial charge on any atom is -0.475 e. The molecule has 0 bridgehead atoms. The normalized spacial score (nSPS) is 21.4. The summed E-state index contributed by atoms with van der Waals surface area (Å²) < 4.78 is 5.63. The predicted octanol–water partition coefficient (Wildman–Crippen LogP) is 1.60. The van der Waals surface area contributed by atoms with Gasteiger partial charge < -0.3 is 9.76 Å². The Morgan fingerprint density at radius 2 is 2.17 bits per heavy atom. The first-order chi connectivity index (χ1) is 8.55. The molecule has 4 heteroatoms. The quantitative estimate of drug-likeness (QED) is 0.819. The van der Waals surface area contributed by atoms with Gasteiger partial charge in [0.1, 0.15) is 6.61 Å². The maximum Gasteiger partial charge on any atom is 0.326 e. The van der Waals surface area contributed by atoms with E-state index in [1.807, 2.05) is 24.3 Å². The molecule has 18 heavy (non-hydrogen) atoms. The molecule has 0 aromatic heterocycles. The molecule has 0 atom stereocenters. The predicted molar refractivity (Wildman–Crippen MR) is 73.6 cm³/mol. The average Bonchev–Trinajstić information content (AvgIpc) is 3.13. The number of nitrogens with zero attached hydrogens (tertiary/aromatic N) is 1. The lowest BCUT2D eigenvalue weighted by Crippen LogP contribution is -2.31. The Morgan fingerprint density at radius 3 is 2.78 bits per heavy atom. The van der Waals surface area contributed by atoms with Crippen LogP contribution in [0.1, 0.15) is 32.3 Å². The first kappa shape index (κ1) is 11.8. The first-order valence-electron chi connectivity index (χ1n) is 6.56. The van der Waals surface area contributed by atoms with Gasteiger partial charge in [0.2, 0.25) is 5.90 Å². The number of ether oxygens (including phenoxy) is 1. The van der Waals surface area contributed by atoms with Gasteiger partial charge in [0, 0.05) is 5.56 Å². The summed E-state index contributed by atoms with van der Waals surface area (Å²) in [5.74, 6) is 1.15. The zero-order valence-corrected chi connectivity index (χ0v) is 10.9. The van der Waals surface area contributed by atoms with E-state index in [0.717, 1.165) is 23.9 Å². The van der Waals surface area contributed by atoms with Crippen LogP contribution in [0.4, 0.5) is 0 Å². The minimum absolute atomic E-state index is 0.138. The highest BCUT2D eigenvalue weighted by atomic mass is 16.5. The fourth-order valence-corrected chi connectivity index (χ4v) is 2.27. The van der Waals surface area contributed by atoms with Gasteiger partial charge in [-0.2, -0.15) is 0 Å². The molecule has 1 N–H and O–H groups in total. The lowest BCUT2D eigenvalue weighted by atomic mass is 9.56. The lowest BCUT2D eigenvalue weighted by molar-refractivity contribution is 0.279. The van der Waals surface area contributed by atoms with Gasteiger partial charge >= 0.3 is 6.92 Å². The monoisotopic (exact) mass is 243 g/mol. The topological polar surface area (TPSA) is 41.8 Å². The summed E-state index contributed by atoms with van der Waals surface area (Å²) in [6.07, 6.45) is 2.27. The van der Waals surface area contributed by atoms with E-state index in [9.17, 15) is 5.02 Å². The average molecular weight is 243 g/mol. The Hall–Kier alpha value is -1.29. The summed E-state index contributed by atoms with van der Waals surface area (Å²) >= 11 is 0. The smallest absolute Gasteiger partial charge is 0.326 e. The molecule has 1 aliphatic carbocycles. The Labute approximate surface area is 108 Å². The summed E-state index contributed by atoms with van der Waals surface area (Å²) in [4.78, 5) is 4.56. The molecule has 0 amide bonds. The van der Waals surface area contributed by atoms with Gasteiger partial charge in [-0.15, -0.1) is 0 Å². The molecule has 0 saturated heterocycles. The second-order valence-electron chi connectivity index (χ2n) is 5.93. The second kappa shape index (κ2) is 4.13. The van der Waals surface area contributed by atoms with E-state index in [2.05, 4.69) is 18.8 Å². The Balaban J connectivity index is 1.87. The number of hydrogen-bond acceptors (Lipinski definition) is 3. The molecule has 1 aromatic carbocycles. The van der Waals surface area contributed by atoms with Crippen LogP contribution in [0.15, 0.2) is 29.3 Å². The van der Waals surface area contributed by atoms with Crippen LogP contribution in [0.3, 0.4) is 0 Å². The summed E-state index contributed by atoms with van der Waals surface area (Å²) in [6.45, 7) is 4.41. The molecule has 1 aliphatic heterocycles. The van der Waals surface area contributed by atoms with Crippen LogP contribution in [0.25, 0.3) is 0 Å². The Kier molecular flexibility index (Phi) is 2.70. The Morgan fingerprint density at radius 1 is 1.39 bits per heavy atom. The third-order valence-electron chi connectivity index (χ3n) is 3.51. The van der Waals surface area contributed by atoms with E-state index >= 15 is 0 Å². The molecule has 1 fully saturated rings. The molecule has 1 heterocycles. The fraction of sp³-hybridized carbons (Fsp3) is 0.500. The summed E-state index contributed by atoms with van der Waals surface area (Å²) in [5, 5.41) is 10.1. The highest BCUT2D eigenvalue weighted by Gasteiger charge is 2.35. The van der Waals surface area contributed by atoms with Crippen molar-refractivity contribution < 1.29 is 9.76 Å². The third kappa shape index (κ3) is 2.30. The van der Waals surface area contributed by atoms with E-state index in [1.54, 1.807) is 0 Å².